The second-order valence-electron chi connectivity index (χ2n) is 10.5. The number of benzene rings is 1. The van der Waals surface area contributed by atoms with E-state index in [0.29, 0.717) is 29.2 Å². The van der Waals surface area contributed by atoms with Crippen molar-refractivity contribution in [2.75, 3.05) is 32.8 Å². The maximum atomic E-state index is 14.2. The van der Waals surface area contributed by atoms with Gasteiger partial charge in [-0.25, -0.2) is 4.90 Å². The second-order valence-corrected chi connectivity index (χ2v) is 10.5. The molecule has 6 rings (SSSR count). The Kier molecular flexibility index (Phi) is 6.14. The summed E-state index contributed by atoms with van der Waals surface area (Å²) in [5.74, 6) is 1.72. The summed E-state index contributed by atoms with van der Waals surface area (Å²) in [5.41, 5.74) is 0.0491. The Labute approximate surface area is 200 Å². The molecule has 5 aliphatic rings. The topological polar surface area (TPSA) is 85.4 Å². The minimum Gasteiger partial charge on any atom is -0.497 e. The molecule has 1 unspecified atom stereocenters. The summed E-state index contributed by atoms with van der Waals surface area (Å²) < 4.78 is 16.0. The largest absolute Gasteiger partial charge is 0.497 e. The Morgan fingerprint density at radius 2 is 1.56 bits per heavy atom. The molecule has 1 saturated heterocycles. The van der Waals surface area contributed by atoms with E-state index in [0.717, 1.165) is 19.3 Å². The zero-order valence-corrected chi connectivity index (χ0v) is 20.2. The minimum atomic E-state index is -0.858. The molecular formula is C26H34N2O6. The van der Waals surface area contributed by atoms with Crippen LogP contribution in [0.4, 0.5) is 5.69 Å². The SMILES string of the molecule is COc1ccc(N2C(=O)CC(N(CC(OC)OC)C(=O)C34CC5CC(CC(C5)C3)C4)C2=O)cc1. The quantitative estimate of drug-likeness (QED) is 0.429. The van der Waals surface area contributed by atoms with Crippen LogP contribution < -0.4 is 9.64 Å². The molecule has 4 saturated carbocycles. The molecule has 3 amide bonds. The molecule has 34 heavy (non-hydrogen) atoms. The van der Waals surface area contributed by atoms with Gasteiger partial charge < -0.3 is 19.1 Å². The molecule has 184 valence electrons. The van der Waals surface area contributed by atoms with E-state index in [9.17, 15) is 14.4 Å². The van der Waals surface area contributed by atoms with Crippen molar-refractivity contribution in [3.05, 3.63) is 24.3 Å². The number of amides is 3. The van der Waals surface area contributed by atoms with Gasteiger partial charge in [0.25, 0.3) is 5.91 Å². The van der Waals surface area contributed by atoms with Crippen molar-refractivity contribution in [1.82, 2.24) is 4.90 Å². The average Bonchev–Trinajstić information content (AvgIpc) is 3.12. The highest BCUT2D eigenvalue weighted by Crippen LogP contribution is 2.60. The third kappa shape index (κ3) is 3.90. The molecule has 0 radical (unpaired) electrons. The number of carbonyl (C=O) groups is 3. The first-order valence-corrected chi connectivity index (χ1v) is 12.2. The number of nitrogens with zero attached hydrogens (tertiary/aromatic N) is 2. The summed E-state index contributed by atoms with van der Waals surface area (Å²) in [4.78, 5) is 43.7. The number of imide groups is 1. The van der Waals surface area contributed by atoms with Crippen LogP contribution in [0.1, 0.15) is 44.9 Å². The van der Waals surface area contributed by atoms with Gasteiger partial charge in [-0.1, -0.05) is 0 Å². The van der Waals surface area contributed by atoms with Crippen LogP contribution in [-0.2, 0) is 23.9 Å². The average molecular weight is 471 g/mol. The Hall–Kier alpha value is -2.45. The van der Waals surface area contributed by atoms with Gasteiger partial charge in [-0.15, -0.1) is 0 Å². The Morgan fingerprint density at radius 3 is 2.06 bits per heavy atom. The van der Waals surface area contributed by atoms with E-state index in [1.807, 2.05) is 0 Å². The van der Waals surface area contributed by atoms with E-state index < -0.39 is 17.7 Å². The van der Waals surface area contributed by atoms with Gasteiger partial charge in [0, 0.05) is 14.2 Å². The van der Waals surface area contributed by atoms with E-state index in [-0.39, 0.29) is 30.7 Å². The van der Waals surface area contributed by atoms with E-state index in [2.05, 4.69) is 0 Å². The standard InChI is InChI=1S/C26H34N2O6/c1-32-20-6-4-19(5-7-20)28-22(29)11-21(24(28)30)27(15-23(33-2)34-3)25(31)26-12-16-8-17(13-26)10-18(9-16)14-26/h4-7,16-18,21,23H,8-15H2,1-3H3. The first-order chi connectivity index (χ1) is 16.4. The van der Waals surface area contributed by atoms with Crippen LogP contribution in [0.5, 0.6) is 5.75 Å². The predicted octanol–water partition coefficient (Wildman–Crippen LogP) is 2.99. The molecule has 0 spiro atoms. The number of hydrogen-bond acceptors (Lipinski definition) is 6. The summed E-state index contributed by atoms with van der Waals surface area (Å²) in [6.45, 7) is 0.119. The van der Waals surface area contributed by atoms with Crippen molar-refractivity contribution in [2.24, 2.45) is 23.2 Å². The Bertz CT molecular complexity index is 921. The molecule has 4 bridgehead atoms. The number of ether oxygens (including phenoxy) is 3. The molecule has 4 aliphatic carbocycles. The van der Waals surface area contributed by atoms with Crippen LogP contribution in [0.2, 0.25) is 0 Å². The number of rotatable bonds is 8. The molecule has 1 aromatic rings. The third-order valence-electron chi connectivity index (χ3n) is 8.45. The molecule has 8 heteroatoms. The van der Waals surface area contributed by atoms with Crippen molar-refractivity contribution in [1.29, 1.82) is 0 Å². The van der Waals surface area contributed by atoms with Crippen LogP contribution in [-0.4, -0.2) is 62.8 Å². The molecule has 0 aromatic heterocycles. The van der Waals surface area contributed by atoms with Gasteiger partial charge >= 0.3 is 0 Å². The number of hydrogen-bond donors (Lipinski definition) is 0. The normalized spacial score (nSPS) is 32.1. The Morgan fingerprint density at radius 1 is 1.00 bits per heavy atom. The molecule has 1 heterocycles. The first-order valence-electron chi connectivity index (χ1n) is 12.2. The number of methoxy groups -OCH3 is 3. The fourth-order valence-electron chi connectivity index (χ4n) is 7.30. The zero-order chi connectivity index (χ0) is 24.0. The monoisotopic (exact) mass is 470 g/mol. The molecule has 8 nitrogen and oxygen atoms in total. The summed E-state index contributed by atoms with van der Waals surface area (Å²) >= 11 is 0. The van der Waals surface area contributed by atoms with Gasteiger partial charge in [-0.05, 0) is 80.5 Å². The maximum absolute atomic E-state index is 14.2. The van der Waals surface area contributed by atoms with Gasteiger partial charge in [-0.2, -0.15) is 0 Å². The summed E-state index contributed by atoms with van der Waals surface area (Å²) in [6.07, 6.45) is 5.60. The summed E-state index contributed by atoms with van der Waals surface area (Å²) in [5, 5.41) is 0. The van der Waals surface area contributed by atoms with E-state index in [1.165, 1.54) is 38.4 Å². The lowest BCUT2D eigenvalue weighted by atomic mass is 9.49. The summed E-state index contributed by atoms with van der Waals surface area (Å²) in [6, 6.07) is 5.95. The van der Waals surface area contributed by atoms with Gasteiger partial charge in [0.05, 0.1) is 31.2 Å². The predicted molar refractivity (Wildman–Crippen MR) is 124 cm³/mol. The fraction of sp³-hybridized carbons (Fsp3) is 0.654. The fourth-order valence-corrected chi connectivity index (χ4v) is 7.30. The number of anilines is 1. The second kappa shape index (κ2) is 8.96. The van der Waals surface area contributed by atoms with Crippen molar-refractivity contribution in [3.8, 4) is 5.75 Å². The maximum Gasteiger partial charge on any atom is 0.257 e. The van der Waals surface area contributed by atoms with Crippen LogP contribution in [0, 0.1) is 23.2 Å². The first kappa shape index (κ1) is 23.3. The van der Waals surface area contributed by atoms with E-state index in [1.54, 1.807) is 36.3 Å². The highest BCUT2D eigenvalue weighted by Gasteiger charge is 2.57. The molecular weight excluding hydrogens is 436 g/mol. The highest BCUT2D eigenvalue weighted by molar-refractivity contribution is 6.23. The highest BCUT2D eigenvalue weighted by atomic mass is 16.7. The molecule has 1 atom stereocenters. The number of carbonyl (C=O) groups excluding carboxylic acids is 3. The lowest BCUT2D eigenvalue weighted by molar-refractivity contribution is -0.172. The van der Waals surface area contributed by atoms with E-state index >= 15 is 0 Å². The molecule has 0 N–H and O–H groups in total. The van der Waals surface area contributed by atoms with E-state index in [4.69, 9.17) is 14.2 Å². The van der Waals surface area contributed by atoms with Gasteiger partial charge in [0.2, 0.25) is 11.8 Å². The van der Waals surface area contributed by atoms with Crippen molar-refractivity contribution in [3.63, 3.8) is 0 Å². The van der Waals surface area contributed by atoms with Crippen molar-refractivity contribution in [2.45, 2.75) is 57.3 Å². The summed E-state index contributed by atoms with van der Waals surface area (Å²) in [7, 11) is 4.60. The van der Waals surface area contributed by atoms with Gasteiger partial charge in [0.1, 0.15) is 11.8 Å². The Balaban J connectivity index is 1.44. The van der Waals surface area contributed by atoms with Crippen molar-refractivity contribution < 1.29 is 28.6 Å². The van der Waals surface area contributed by atoms with Gasteiger partial charge in [-0.3, -0.25) is 14.4 Å². The molecule has 1 aliphatic heterocycles. The zero-order valence-electron chi connectivity index (χ0n) is 20.2. The molecule has 5 fully saturated rings. The van der Waals surface area contributed by atoms with Gasteiger partial charge in [0.15, 0.2) is 6.29 Å². The van der Waals surface area contributed by atoms with Crippen LogP contribution >= 0.6 is 0 Å². The van der Waals surface area contributed by atoms with Crippen LogP contribution in [0.25, 0.3) is 0 Å². The lowest BCUT2D eigenvalue weighted by Gasteiger charge is -2.57. The lowest BCUT2D eigenvalue weighted by Crippen LogP contribution is -2.59. The third-order valence-corrected chi connectivity index (χ3v) is 8.45. The molecule has 1 aromatic carbocycles. The van der Waals surface area contributed by atoms with Crippen LogP contribution in [0.3, 0.4) is 0 Å². The smallest absolute Gasteiger partial charge is 0.257 e. The minimum absolute atomic E-state index is 0.00608. The van der Waals surface area contributed by atoms with Crippen LogP contribution in [0.15, 0.2) is 24.3 Å². The van der Waals surface area contributed by atoms with Crippen molar-refractivity contribution >= 4 is 23.4 Å².